The quantitative estimate of drug-likeness (QED) is 0.655. The Morgan fingerprint density at radius 1 is 1.17 bits per heavy atom. The monoisotopic (exact) mass is 432 g/mol. The lowest BCUT2D eigenvalue weighted by Crippen LogP contribution is -2.27. The van der Waals surface area contributed by atoms with Crippen molar-refractivity contribution in [2.75, 3.05) is 5.32 Å². The van der Waals surface area contributed by atoms with Gasteiger partial charge in [-0.05, 0) is 37.8 Å². The molecule has 1 aliphatic rings. The van der Waals surface area contributed by atoms with Gasteiger partial charge in [0.25, 0.3) is 5.91 Å². The summed E-state index contributed by atoms with van der Waals surface area (Å²) in [5, 5.41) is 13.2. The Morgan fingerprint density at radius 3 is 2.55 bits per heavy atom. The number of aliphatic hydroxyl groups excluding tert-OH is 1. The number of carbonyl (C=O) groups is 1. The third-order valence-corrected chi connectivity index (χ3v) is 5.76. The number of hydrogen-bond acceptors (Lipinski definition) is 5. The summed E-state index contributed by atoms with van der Waals surface area (Å²) in [4.78, 5) is 34.2. The maximum absolute atomic E-state index is 13.0. The molecule has 1 fully saturated rings. The van der Waals surface area contributed by atoms with E-state index in [9.17, 15) is 14.7 Å². The van der Waals surface area contributed by atoms with Crippen LogP contribution in [0.5, 0.6) is 0 Å². The van der Waals surface area contributed by atoms with Crippen molar-refractivity contribution in [3.05, 3.63) is 62.8 Å². The molecule has 4 rings (SSSR count). The largest absolute Gasteiger partial charge is 0.393 e. The second-order valence-corrected chi connectivity index (χ2v) is 7.86. The molecule has 29 heavy (non-hydrogen) atoms. The van der Waals surface area contributed by atoms with Crippen LogP contribution in [0, 0.1) is 0 Å². The molecule has 1 amide bonds. The SMILES string of the molecule is O=C(Nc1c(Cl)cncc1Cl)c1cn([C@H]2CC[C@@H](O)CC2)c2ncccc2c1=O. The number of anilines is 1. The van der Waals surface area contributed by atoms with Gasteiger partial charge in [0.05, 0.1) is 27.2 Å². The second kappa shape index (κ2) is 8.10. The zero-order valence-corrected chi connectivity index (χ0v) is 16.8. The van der Waals surface area contributed by atoms with Gasteiger partial charge < -0.3 is 15.0 Å². The average molecular weight is 433 g/mol. The number of amides is 1. The average Bonchev–Trinajstić information content (AvgIpc) is 2.72. The molecule has 1 aliphatic carbocycles. The molecule has 0 spiro atoms. The molecule has 0 unspecified atom stereocenters. The van der Waals surface area contributed by atoms with Crippen molar-refractivity contribution in [1.29, 1.82) is 0 Å². The van der Waals surface area contributed by atoms with Crippen LogP contribution < -0.4 is 10.7 Å². The molecule has 0 radical (unpaired) electrons. The van der Waals surface area contributed by atoms with Crippen LogP contribution in [-0.2, 0) is 0 Å². The number of fused-ring (bicyclic) bond motifs is 1. The Labute approximate surface area is 176 Å². The number of aromatic nitrogens is 3. The highest BCUT2D eigenvalue weighted by molar-refractivity contribution is 6.39. The van der Waals surface area contributed by atoms with E-state index in [0.29, 0.717) is 23.9 Å². The van der Waals surface area contributed by atoms with Crippen molar-refractivity contribution in [3.63, 3.8) is 0 Å². The second-order valence-electron chi connectivity index (χ2n) is 7.05. The van der Waals surface area contributed by atoms with Crippen LogP contribution in [0.25, 0.3) is 11.0 Å². The van der Waals surface area contributed by atoms with Crippen LogP contribution in [-0.4, -0.2) is 31.7 Å². The van der Waals surface area contributed by atoms with Crippen LogP contribution in [0.3, 0.4) is 0 Å². The lowest BCUT2D eigenvalue weighted by atomic mass is 9.92. The van der Waals surface area contributed by atoms with Gasteiger partial charge >= 0.3 is 0 Å². The molecule has 0 saturated heterocycles. The summed E-state index contributed by atoms with van der Waals surface area (Å²) in [6.45, 7) is 0. The predicted octanol–water partition coefficient (Wildman–Crippen LogP) is 3.83. The third kappa shape index (κ3) is 3.85. The Morgan fingerprint density at radius 2 is 1.86 bits per heavy atom. The minimum absolute atomic E-state index is 0.0273. The van der Waals surface area contributed by atoms with Gasteiger partial charge in [-0.1, -0.05) is 23.2 Å². The van der Waals surface area contributed by atoms with Crippen LogP contribution in [0.2, 0.25) is 10.0 Å². The summed E-state index contributed by atoms with van der Waals surface area (Å²) in [6.07, 6.45) is 8.35. The van der Waals surface area contributed by atoms with Gasteiger partial charge in [-0.2, -0.15) is 0 Å². The van der Waals surface area contributed by atoms with Crippen molar-refractivity contribution in [2.45, 2.75) is 37.8 Å². The normalized spacial score (nSPS) is 19.3. The number of rotatable bonds is 3. The molecule has 3 aromatic heterocycles. The fourth-order valence-electron chi connectivity index (χ4n) is 3.67. The van der Waals surface area contributed by atoms with E-state index >= 15 is 0 Å². The number of nitrogens with zero attached hydrogens (tertiary/aromatic N) is 3. The molecule has 0 atom stereocenters. The minimum Gasteiger partial charge on any atom is -0.393 e. The highest BCUT2D eigenvalue weighted by Gasteiger charge is 2.25. The molecule has 3 aromatic rings. The molecular formula is C20H18Cl2N4O3. The first kappa shape index (κ1) is 19.8. The fourth-order valence-corrected chi connectivity index (χ4v) is 4.13. The van der Waals surface area contributed by atoms with E-state index in [2.05, 4.69) is 15.3 Å². The first-order chi connectivity index (χ1) is 14.0. The van der Waals surface area contributed by atoms with Gasteiger partial charge in [-0.3, -0.25) is 14.6 Å². The van der Waals surface area contributed by atoms with Gasteiger partial charge in [0, 0.05) is 30.8 Å². The van der Waals surface area contributed by atoms with Crippen LogP contribution >= 0.6 is 23.2 Å². The van der Waals surface area contributed by atoms with Crippen molar-refractivity contribution in [1.82, 2.24) is 14.5 Å². The van der Waals surface area contributed by atoms with E-state index < -0.39 is 11.3 Å². The molecular weight excluding hydrogens is 415 g/mol. The lowest BCUT2D eigenvalue weighted by Gasteiger charge is -2.28. The van der Waals surface area contributed by atoms with Gasteiger partial charge in [0.2, 0.25) is 5.43 Å². The maximum atomic E-state index is 13.0. The smallest absolute Gasteiger partial charge is 0.261 e. The van der Waals surface area contributed by atoms with Crippen molar-refractivity contribution >= 4 is 45.8 Å². The number of halogens is 2. The molecule has 150 valence electrons. The summed E-state index contributed by atoms with van der Waals surface area (Å²) >= 11 is 12.2. The van der Waals surface area contributed by atoms with E-state index in [-0.39, 0.29) is 33.4 Å². The molecule has 0 aliphatic heterocycles. The Balaban J connectivity index is 1.79. The molecule has 3 heterocycles. The van der Waals surface area contributed by atoms with Gasteiger partial charge in [0.15, 0.2) is 0 Å². The lowest BCUT2D eigenvalue weighted by molar-refractivity contribution is 0.102. The van der Waals surface area contributed by atoms with Crippen molar-refractivity contribution in [3.8, 4) is 0 Å². The zero-order valence-electron chi connectivity index (χ0n) is 15.3. The molecule has 0 aromatic carbocycles. The standard InChI is InChI=1S/C20H18Cl2N4O3/c21-15-8-23-9-16(22)17(15)25-20(29)14-10-26(11-3-5-12(27)6-4-11)19-13(18(14)28)2-1-7-24-19/h1-2,7-12,27H,3-6H2,(H,23,25,29)/t11-,12+. The Kier molecular flexibility index (Phi) is 5.54. The highest BCUT2D eigenvalue weighted by atomic mass is 35.5. The van der Waals surface area contributed by atoms with Gasteiger partial charge in [0.1, 0.15) is 11.2 Å². The molecule has 1 saturated carbocycles. The van der Waals surface area contributed by atoms with Crippen LogP contribution in [0.15, 0.2) is 41.7 Å². The van der Waals surface area contributed by atoms with E-state index in [0.717, 1.165) is 12.8 Å². The van der Waals surface area contributed by atoms with E-state index in [1.54, 1.807) is 24.5 Å². The topological polar surface area (TPSA) is 97.1 Å². The number of hydrogen-bond donors (Lipinski definition) is 2. The number of nitrogens with one attached hydrogen (secondary N) is 1. The van der Waals surface area contributed by atoms with E-state index in [1.165, 1.54) is 12.4 Å². The number of pyridine rings is 3. The van der Waals surface area contributed by atoms with Crippen molar-refractivity contribution < 1.29 is 9.90 Å². The fraction of sp³-hybridized carbons (Fsp3) is 0.300. The number of carbonyl (C=O) groups excluding carboxylic acids is 1. The summed E-state index contributed by atoms with van der Waals surface area (Å²) in [5.41, 5.74) is 0.279. The highest BCUT2D eigenvalue weighted by Crippen LogP contribution is 2.31. The summed E-state index contributed by atoms with van der Waals surface area (Å²) < 4.78 is 1.87. The van der Waals surface area contributed by atoms with E-state index in [1.807, 2.05) is 4.57 Å². The van der Waals surface area contributed by atoms with E-state index in [4.69, 9.17) is 23.2 Å². The summed E-state index contributed by atoms with van der Waals surface area (Å²) in [6, 6.07) is 3.36. The van der Waals surface area contributed by atoms with Crippen molar-refractivity contribution in [2.24, 2.45) is 0 Å². The first-order valence-electron chi connectivity index (χ1n) is 9.24. The summed E-state index contributed by atoms with van der Waals surface area (Å²) in [5.74, 6) is -0.611. The van der Waals surface area contributed by atoms with Gasteiger partial charge in [-0.15, -0.1) is 0 Å². The van der Waals surface area contributed by atoms with Crippen LogP contribution in [0.4, 0.5) is 5.69 Å². The zero-order chi connectivity index (χ0) is 20.5. The van der Waals surface area contributed by atoms with Gasteiger partial charge in [-0.25, -0.2) is 4.98 Å². The molecule has 2 N–H and O–H groups in total. The van der Waals surface area contributed by atoms with Crippen LogP contribution in [0.1, 0.15) is 42.1 Å². The molecule has 0 bridgehead atoms. The molecule has 7 nitrogen and oxygen atoms in total. The Hall–Kier alpha value is -2.48. The predicted molar refractivity (Wildman–Crippen MR) is 112 cm³/mol. The Bertz CT molecular complexity index is 1120. The molecule has 9 heteroatoms. The number of aliphatic hydroxyl groups is 1. The first-order valence-corrected chi connectivity index (χ1v) is 9.99. The third-order valence-electron chi connectivity index (χ3n) is 5.18. The minimum atomic E-state index is -0.611. The maximum Gasteiger partial charge on any atom is 0.261 e. The summed E-state index contributed by atoms with van der Waals surface area (Å²) in [7, 11) is 0.